The second kappa shape index (κ2) is 3.70. The van der Waals surface area contributed by atoms with Gasteiger partial charge in [0.1, 0.15) is 5.82 Å². The Kier molecular flexibility index (Phi) is 2.50. The molecule has 0 saturated heterocycles. The highest BCUT2D eigenvalue weighted by molar-refractivity contribution is 5.38. The molecule has 0 unspecified atom stereocenters. The van der Waals surface area contributed by atoms with E-state index in [0.29, 0.717) is 5.56 Å². The van der Waals surface area contributed by atoms with Gasteiger partial charge in [-0.1, -0.05) is 20.8 Å². The molecule has 1 heterocycles. The number of halogens is 1. The Labute approximate surface area is 93.9 Å². The summed E-state index contributed by atoms with van der Waals surface area (Å²) in [6, 6.07) is 4.92. The van der Waals surface area contributed by atoms with E-state index in [1.807, 2.05) is 20.8 Å². The smallest absolute Gasteiger partial charge is 0.127 e. The van der Waals surface area contributed by atoms with E-state index in [1.54, 1.807) is 24.5 Å². The minimum absolute atomic E-state index is 0.191. The Hall–Kier alpha value is -1.71. The van der Waals surface area contributed by atoms with Crippen LogP contribution in [0.15, 0.2) is 30.6 Å². The number of rotatable bonds is 1. The zero-order chi connectivity index (χ0) is 11.8. The van der Waals surface area contributed by atoms with E-state index in [0.717, 1.165) is 5.69 Å². The SMILES string of the molecule is CC(C)(C)c1cc(-n2nccn2)ccc1F. The summed E-state index contributed by atoms with van der Waals surface area (Å²) in [5, 5.41) is 8.04. The van der Waals surface area contributed by atoms with Gasteiger partial charge in [0.15, 0.2) is 0 Å². The van der Waals surface area contributed by atoms with Crippen molar-refractivity contribution < 1.29 is 4.39 Å². The van der Waals surface area contributed by atoms with Gasteiger partial charge in [0.2, 0.25) is 0 Å². The second-order valence-electron chi connectivity index (χ2n) is 4.73. The maximum Gasteiger partial charge on any atom is 0.127 e. The van der Waals surface area contributed by atoms with Gasteiger partial charge in [0.25, 0.3) is 0 Å². The molecule has 0 saturated carbocycles. The summed E-state index contributed by atoms with van der Waals surface area (Å²) in [6.07, 6.45) is 3.19. The molecule has 84 valence electrons. The fraction of sp³-hybridized carbons (Fsp3) is 0.333. The van der Waals surface area contributed by atoms with Crippen LogP contribution in [0.4, 0.5) is 4.39 Å². The van der Waals surface area contributed by atoms with Crippen LogP contribution in [0.1, 0.15) is 26.3 Å². The van der Waals surface area contributed by atoms with Crippen LogP contribution in [0.25, 0.3) is 5.69 Å². The highest BCUT2D eigenvalue weighted by Gasteiger charge is 2.19. The molecular formula is C12H14FN3. The highest BCUT2D eigenvalue weighted by atomic mass is 19.1. The topological polar surface area (TPSA) is 30.7 Å². The Bertz CT molecular complexity index is 483. The van der Waals surface area contributed by atoms with Gasteiger partial charge in [0.05, 0.1) is 18.1 Å². The van der Waals surface area contributed by atoms with Crippen LogP contribution in [0.3, 0.4) is 0 Å². The van der Waals surface area contributed by atoms with Gasteiger partial charge < -0.3 is 0 Å². The lowest BCUT2D eigenvalue weighted by atomic mass is 9.86. The maximum absolute atomic E-state index is 13.7. The van der Waals surface area contributed by atoms with Crippen LogP contribution in [0.2, 0.25) is 0 Å². The predicted molar refractivity (Wildman–Crippen MR) is 60.0 cm³/mol. The molecule has 0 spiro atoms. The molecule has 0 radical (unpaired) electrons. The first kappa shape index (κ1) is 10.8. The molecule has 0 amide bonds. The lowest BCUT2D eigenvalue weighted by molar-refractivity contribution is 0.521. The highest BCUT2D eigenvalue weighted by Crippen LogP contribution is 2.26. The van der Waals surface area contributed by atoms with Crippen molar-refractivity contribution in [3.05, 3.63) is 42.0 Å². The maximum atomic E-state index is 13.7. The summed E-state index contributed by atoms with van der Waals surface area (Å²) in [5.74, 6) is -0.191. The Morgan fingerprint density at radius 2 is 1.75 bits per heavy atom. The van der Waals surface area contributed by atoms with Crippen molar-refractivity contribution in [2.75, 3.05) is 0 Å². The van der Waals surface area contributed by atoms with Crippen molar-refractivity contribution in [1.82, 2.24) is 15.0 Å². The van der Waals surface area contributed by atoms with Crippen LogP contribution in [-0.2, 0) is 5.41 Å². The summed E-state index contributed by atoms with van der Waals surface area (Å²) >= 11 is 0. The van der Waals surface area contributed by atoms with Crippen LogP contribution >= 0.6 is 0 Å². The van der Waals surface area contributed by atoms with Crippen molar-refractivity contribution in [2.24, 2.45) is 0 Å². The van der Waals surface area contributed by atoms with Crippen molar-refractivity contribution >= 4 is 0 Å². The number of benzene rings is 1. The molecule has 2 aromatic rings. The van der Waals surface area contributed by atoms with Gasteiger partial charge in [-0.2, -0.15) is 15.0 Å². The van der Waals surface area contributed by atoms with Gasteiger partial charge in [0, 0.05) is 0 Å². The number of aromatic nitrogens is 3. The van der Waals surface area contributed by atoms with E-state index in [-0.39, 0.29) is 11.2 Å². The Morgan fingerprint density at radius 1 is 1.12 bits per heavy atom. The van der Waals surface area contributed by atoms with E-state index >= 15 is 0 Å². The molecule has 0 fully saturated rings. The molecule has 0 aliphatic rings. The molecule has 0 N–H and O–H groups in total. The van der Waals surface area contributed by atoms with E-state index in [9.17, 15) is 4.39 Å². The normalized spacial score (nSPS) is 11.8. The summed E-state index contributed by atoms with van der Waals surface area (Å²) in [7, 11) is 0. The first-order chi connectivity index (χ1) is 7.48. The molecule has 0 aliphatic heterocycles. The molecule has 0 bridgehead atoms. The minimum atomic E-state index is -0.229. The summed E-state index contributed by atoms with van der Waals surface area (Å²) < 4.78 is 13.7. The molecule has 0 atom stereocenters. The van der Waals surface area contributed by atoms with E-state index in [2.05, 4.69) is 10.2 Å². The fourth-order valence-corrected chi connectivity index (χ4v) is 1.56. The predicted octanol–water partition coefficient (Wildman–Crippen LogP) is 2.70. The van der Waals surface area contributed by atoms with E-state index < -0.39 is 0 Å². The minimum Gasteiger partial charge on any atom is -0.207 e. The average molecular weight is 219 g/mol. The first-order valence-corrected chi connectivity index (χ1v) is 5.15. The molecular weight excluding hydrogens is 205 g/mol. The van der Waals surface area contributed by atoms with Gasteiger partial charge in [-0.25, -0.2) is 4.39 Å². The lowest BCUT2D eigenvalue weighted by Crippen LogP contribution is -2.14. The van der Waals surface area contributed by atoms with Crippen molar-refractivity contribution in [2.45, 2.75) is 26.2 Å². The largest absolute Gasteiger partial charge is 0.207 e. The second-order valence-corrected chi connectivity index (χ2v) is 4.73. The third-order valence-corrected chi connectivity index (χ3v) is 2.41. The third kappa shape index (κ3) is 1.96. The van der Waals surface area contributed by atoms with Crippen LogP contribution in [0.5, 0.6) is 0 Å². The standard InChI is InChI=1S/C12H14FN3/c1-12(2,3)10-8-9(4-5-11(10)13)16-14-6-7-15-16/h4-8H,1-3H3. The fourth-order valence-electron chi connectivity index (χ4n) is 1.56. The first-order valence-electron chi connectivity index (χ1n) is 5.15. The third-order valence-electron chi connectivity index (χ3n) is 2.41. The van der Waals surface area contributed by atoms with Crippen molar-refractivity contribution in [3.8, 4) is 5.69 Å². The zero-order valence-corrected chi connectivity index (χ0v) is 9.61. The molecule has 0 aliphatic carbocycles. The molecule has 16 heavy (non-hydrogen) atoms. The van der Waals surface area contributed by atoms with Crippen LogP contribution < -0.4 is 0 Å². The average Bonchev–Trinajstić information content (AvgIpc) is 2.69. The lowest BCUT2D eigenvalue weighted by Gasteiger charge is -2.20. The van der Waals surface area contributed by atoms with Gasteiger partial charge in [-0.05, 0) is 29.2 Å². The summed E-state index contributed by atoms with van der Waals surface area (Å²) in [5.41, 5.74) is 1.21. The number of hydrogen-bond acceptors (Lipinski definition) is 2. The van der Waals surface area contributed by atoms with Crippen LogP contribution in [0, 0.1) is 5.82 Å². The van der Waals surface area contributed by atoms with Crippen molar-refractivity contribution in [3.63, 3.8) is 0 Å². The monoisotopic (exact) mass is 219 g/mol. The molecule has 3 nitrogen and oxygen atoms in total. The van der Waals surface area contributed by atoms with E-state index in [1.165, 1.54) is 10.9 Å². The number of nitrogens with zero attached hydrogens (tertiary/aromatic N) is 3. The van der Waals surface area contributed by atoms with E-state index in [4.69, 9.17) is 0 Å². The van der Waals surface area contributed by atoms with Gasteiger partial charge in [-0.3, -0.25) is 0 Å². The van der Waals surface area contributed by atoms with Crippen LogP contribution in [-0.4, -0.2) is 15.0 Å². The van der Waals surface area contributed by atoms with Gasteiger partial charge >= 0.3 is 0 Å². The summed E-state index contributed by atoms with van der Waals surface area (Å²) in [4.78, 5) is 1.48. The molecule has 2 rings (SSSR count). The summed E-state index contributed by atoms with van der Waals surface area (Å²) in [6.45, 7) is 5.93. The quantitative estimate of drug-likeness (QED) is 0.738. The Morgan fingerprint density at radius 3 is 2.31 bits per heavy atom. The molecule has 1 aromatic carbocycles. The van der Waals surface area contributed by atoms with Gasteiger partial charge in [-0.15, -0.1) is 0 Å². The Balaban J connectivity index is 2.52. The van der Waals surface area contributed by atoms with Crippen molar-refractivity contribution in [1.29, 1.82) is 0 Å². The zero-order valence-electron chi connectivity index (χ0n) is 9.61. The number of hydrogen-bond donors (Lipinski definition) is 0. The molecule has 4 heteroatoms. The molecule has 1 aromatic heterocycles.